The Morgan fingerprint density at radius 2 is 2.21 bits per heavy atom. The molecule has 106 valence electrons. The number of aliphatic hydroxyl groups excluding tert-OH is 1. The van der Waals surface area contributed by atoms with Gasteiger partial charge in [0.2, 0.25) is 0 Å². The van der Waals surface area contributed by atoms with Crippen molar-refractivity contribution in [2.45, 2.75) is 45.5 Å². The summed E-state index contributed by atoms with van der Waals surface area (Å²) in [5.41, 5.74) is 1.17. The van der Waals surface area contributed by atoms with Crippen LogP contribution in [0.15, 0.2) is 9.66 Å². The fraction of sp³-hybridized carbons (Fsp3) is 0.833. The quantitative estimate of drug-likeness (QED) is 0.326. The first-order chi connectivity index (χ1) is 9.02. The minimum absolute atomic E-state index is 0.00541. The second-order valence-corrected chi connectivity index (χ2v) is 6.70. The number of hydrogen-bond acceptors (Lipinski definition) is 4. The number of ether oxygens (including phenoxy) is 1. The summed E-state index contributed by atoms with van der Waals surface area (Å²) in [6.07, 6.45) is 0.458. The molecule has 0 aliphatic carbocycles. The van der Waals surface area contributed by atoms with Gasteiger partial charge >= 0.3 is 136 Å². The molecule has 0 spiro atoms. The van der Waals surface area contributed by atoms with Crippen LogP contribution in [0, 0.1) is 11.8 Å². The van der Waals surface area contributed by atoms with E-state index < -0.39 is 0 Å². The first-order valence-corrected chi connectivity index (χ1v) is 9.61. The zero-order valence-corrected chi connectivity index (χ0v) is 15.3. The topological polar surface area (TPSA) is 38.7 Å². The van der Waals surface area contributed by atoms with Gasteiger partial charge in [-0.25, -0.2) is 0 Å². The molecule has 0 aromatic heterocycles. The number of halogens is 1. The van der Waals surface area contributed by atoms with Crippen molar-refractivity contribution in [2.75, 3.05) is 6.61 Å². The van der Waals surface area contributed by atoms with Gasteiger partial charge in [-0.15, -0.1) is 0 Å². The van der Waals surface area contributed by atoms with E-state index in [4.69, 9.17) is 21.2 Å². The molecule has 19 heavy (non-hydrogen) atoms. The molecule has 1 rings (SSSR count). The molecule has 0 aromatic rings. The third kappa shape index (κ3) is 5.08. The maximum absolute atomic E-state index is 10.4. The summed E-state index contributed by atoms with van der Waals surface area (Å²) in [5, 5.41) is 10.4. The second-order valence-electron chi connectivity index (χ2n) is 5.03. The van der Waals surface area contributed by atoms with Crippen molar-refractivity contribution in [3.05, 3.63) is 9.66 Å². The molecule has 1 N–H and O–H groups in total. The van der Waals surface area contributed by atoms with E-state index in [2.05, 4.69) is 22.6 Å². The van der Waals surface area contributed by atoms with Crippen LogP contribution in [0.25, 0.3) is 0 Å². The van der Waals surface area contributed by atoms with Gasteiger partial charge in [-0.1, -0.05) is 0 Å². The molecule has 0 bridgehead atoms. The summed E-state index contributed by atoms with van der Waals surface area (Å²) in [6.45, 7) is 9.04. The summed E-state index contributed by atoms with van der Waals surface area (Å²) < 4.78 is 13.5. The van der Waals surface area contributed by atoms with E-state index in [1.807, 2.05) is 24.9 Å². The second kappa shape index (κ2) is 9.16. The predicted octanol–water partition coefficient (Wildman–Crippen LogP) is 3.07. The molecule has 0 saturated carbocycles. The van der Waals surface area contributed by atoms with Crippen LogP contribution in [0.2, 0.25) is 0 Å². The van der Waals surface area contributed by atoms with E-state index in [0.717, 1.165) is 6.42 Å². The zero-order chi connectivity index (χ0) is 14.4. The molecule has 0 aromatic carbocycles. The van der Waals surface area contributed by atoms with Crippen molar-refractivity contribution in [1.29, 1.82) is 0 Å². The van der Waals surface area contributed by atoms with Crippen molar-refractivity contribution in [3.8, 4) is 0 Å². The SMILES string of the molecule is C/C(=C\I)[C@@H]1O[C@H](CCOB=[P+]=S)[C@H](C)[C@H](O)[C@H]1C. The molecule has 3 nitrogen and oxygen atoms in total. The van der Waals surface area contributed by atoms with Gasteiger partial charge in [0.15, 0.2) is 0 Å². The molecule has 1 fully saturated rings. The fourth-order valence-corrected chi connectivity index (χ4v) is 3.20. The van der Waals surface area contributed by atoms with E-state index in [1.165, 1.54) is 5.57 Å². The van der Waals surface area contributed by atoms with Crippen LogP contribution in [0.1, 0.15) is 27.2 Å². The summed E-state index contributed by atoms with van der Waals surface area (Å²) in [4.78, 5) is 0. The monoisotopic (exact) mass is 413 g/mol. The third-order valence-corrected chi connectivity index (χ3v) is 5.20. The van der Waals surface area contributed by atoms with E-state index >= 15 is 0 Å². The molecule has 1 heterocycles. The van der Waals surface area contributed by atoms with Crippen molar-refractivity contribution >= 4 is 48.1 Å². The summed E-state index contributed by atoms with van der Waals surface area (Å²) in [5.74, 6) is 0.244. The van der Waals surface area contributed by atoms with Crippen LogP contribution in [-0.4, -0.2) is 36.8 Å². The van der Waals surface area contributed by atoms with Gasteiger partial charge in [0.05, 0.1) is 0 Å². The number of hydrogen-bond donors (Lipinski definition) is 1. The van der Waals surface area contributed by atoms with Gasteiger partial charge < -0.3 is 0 Å². The van der Waals surface area contributed by atoms with Gasteiger partial charge in [0.25, 0.3) is 0 Å². The predicted molar refractivity (Wildman–Crippen MR) is 91.4 cm³/mol. The van der Waals surface area contributed by atoms with Crippen LogP contribution in [-0.2, 0) is 21.2 Å². The van der Waals surface area contributed by atoms with Crippen molar-refractivity contribution < 1.29 is 14.5 Å². The molecule has 7 heteroatoms. The Hall–Kier alpha value is 1.06. The van der Waals surface area contributed by atoms with Crippen LogP contribution < -0.4 is 0 Å². The Balaban J connectivity index is 2.67. The van der Waals surface area contributed by atoms with E-state index in [-0.39, 0.29) is 30.1 Å². The van der Waals surface area contributed by atoms with Gasteiger partial charge in [-0.3, -0.25) is 0 Å². The van der Waals surface area contributed by atoms with Gasteiger partial charge in [0.1, 0.15) is 0 Å². The van der Waals surface area contributed by atoms with Crippen LogP contribution >= 0.6 is 29.4 Å². The summed E-state index contributed by atoms with van der Waals surface area (Å²) in [7, 11) is 0. The molecule has 1 saturated heterocycles. The van der Waals surface area contributed by atoms with Gasteiger partial charge in [-0.2, -0.15) is 0 Å². The van der Waals surface area contributed by atoms with Crippen molar-refractivity contribution in [3.63, 3.8) is 0 Å². The molecular weight excluding hydrogens is 393 g/mol. The maximum atomic E-state index is 10.4. The summed E-state index contributed by atoms with van der Waals surface area (Å²) >= 11 is 6.98. The van der Waals surface area contributed by atoms with Crippen molar-refractivity contribution in [1.82, 2.24) is 0 Å². The average molecular weight is 413 g/mol. The Kier molecular flexibility index (Phi) is 8.73. The Morgan fingerprint density at radius 3 is 2.79 bits per heavy atom. The minimum atomic E-state index is -0.337. The fourth-order valence-electron chi connectivity index (χ4n) is 2.50. The van der Waals surface area contributed by atoms with Crippen LogP contribution in [0.3, 0.4) is 0 Å². The molecule has 1 aliphatic rings. The van der Waals surface area contributed by atoms with Gasteiger partial charge in [0, 0.05) is 0 Å². The number of rotatable bonds is 5. The van der Waals surface area contributed by atoms with E-state index in [1.54, 1.807) is 6.82 Å². The Labute approximate surface area is 136 Å². The molecule has 0 unspecified atom stereocenters. The van der Waals surface area contributed by atoms with E-state index in [0.29, 0.717) is 13.5 Å². The summed E-state index contributed by atoms with van der Waals surface area (Å²) in [6, 6.07) is 0. The Morgan fingerprint density at radius 1 is 1.53 bits per heavy atom. The first-order valence-electron chi connectivity index (χ1n) is 6.39. The molecule has 0 amide bonds. The van der Waals surface area contributed by atoms with E-state index in [9.17, 15) is 5.11 Å². The normalized spacial score (nSPS) is 35.8. The molecule has 0 radical (unpaired) electrons. The Bertz CT molecular complexity index is 376. The van der Waals surface area contributed by atoms with Crippen LogP contribution in [0.5, 0.6) is 0 Å². The molecular formula is C12H20BIO3PS+. The van der Waals surface area contributed by atoms with Crippen LogP contribution in [0.4, 0.5) is 0 Å². The first kappa shape index (κ1) is 18.1. The van der Waals surface area contributed by atoms with Crippen molar-refractivity contribution in [2.24, 2.45) is 11.8 Å². The molecule has 1 aliphatic heterocycles. The third-order valence-electron chi connectivity index (χ3n) is 3.72. The van der Waals surface area contributed by atoms with Gasteiger partial charge in [-0.05, 0) is 0 Å². The molecule has 5 atom stereocenters. The average Bonchev–Trinajstić information content (AvgIpc) is 2.42. The standard InChI is InChI=1S/C12H20BIO3PS/c1-7(6-14)12-9(3)11(15)8(2)10(17-12)4-5-16-13-18-19/h6,8-12,15H,4-5H2,1-3H3/q+1/b7-6+/t8-,9+,10+,11-,12-/m0/s1. The zero-order valence-electron chi connectivity index (χ0n) is 11.5. The number of aliphatic hydroxyl groups is 1.